The van der Waals surface area contributed by atoms with E-state index in [4.69, 9.17) is 0 Å². The third-order valence-electron chi connectivity index (χ3n) is 5.28. The van der Waals surface area contributed by atoms with E-state index in [0.29, 0.717) is 6.04 Å². The molecular formula is C22H30N2. The Morgan fingerprint density at radius 1 is 0.833 bits per heavy atom. The van der Waals surface area contributed by atoms with E-state index < -0.39 is 0 Å². The monoisotopic (exact) mass is 322 g/mol. The number of hydrogen-bond acceptors (Lipinski definition) is 2. The van der Waals surface area contributed by atoms with Crippen molar-refractivity contribution in [3.05, 3.63) is 59.7 Å². The SMILES string of the molecule is CCc1ccc(-c2ccc(CNC3CCN(CC)CC3)cc2)cc1. The van der Waals surface area contributed by atoms with Gasteiger partial charge in [-0.3, -0.25) is 0 Å². The van der Waals surface area contributed by atoms with Crippen molar-refractivity contribution in [2.24, 2.45) is 0 Å². The largest absolute Gasteiger partial charge is 0.310 e. The highest BCUT2D eigenvalue weighted by Crippen LogP contribution is 2.21. The minimum atomic E-state index is 0.675. The maximum atomic E-state index is 3.73. The molecule has 0 saturated carbocycles. The van der Waals surface area contributed by atoms with Gasteiger partial charge in [0, 0.05) is 12.6 Å². The van der Waals surface area contributed by atoms with Crippen molar-refractivity contribution in [1.29, 1.82) is 0 Å². The van der Waals surface area contributed by atoms with E-state index in [9.17, 15) is 0 Å². The molecule has 1 saturated heterocycles. The molecule has 1 aliphatic rings. The number of benzene rings is 2. The van der Waals surface area contributed by atoms with Gasteiger partial charge in [-0.25, -0.2) is 0 Å². The Morgan fingerprint density at radius 2 is 1.38 bits per heavy atom. The molecule has 0 atom stereocenters. The summed E-state index contributed by atoms with van der Waals surface area (Å²) in [7, 11) is 0. The van der Waals surface area contributed by atoms with Crippen LogP contribution in [0.1, 0.15) is 37.8 Å². The van der Waals surface area contributed by atoms with Crippen molar-refractivity contribution < 1.29 is 0 Å². The summed E-state index contributed by atoms with van der Waals surface area (Å²) in [6.07, 6.45) is 3.65. The van der Waals surface area contributed by atoms with Crippen LogP contribution in [0.25, 0.3) is 11.1 Å². The van der Waals surface area contributed by atoms with Gasteiger partial charge in [0.2, 0.25) is 0 Å². The van der Waals surface area contributed by atoms with Crippen LogP contribution in [0.15, 0.2) is 48.5 Å². The summed E-state index contributed by atoms with van der Waals surface area (Å²) in [5.74, 6) is 0. The van der Waals surface area contributed by atoms with Crippen molar-refractivity contribution in [3.63, 3.8) is 0 Å². The molecule has 0 aliphatic carbocycles. The van der Waals surface area contributed by atoms with Crippen molar-refractivity contribution >= 4 is 0 Å². The van der Waals surface area contributed by atoms with Crippen LogP contribution in [-0.2, 0) is 13.0 Å². The minimum Gasteiger partial charge on any atom is -0.310 e. The first-order valence-corrected chi connectivity index (χ1v) is 9.42. The molecule has 1 fully saturated rings. The van der Waals surface area contributed by atoms with Crippen LogP contribution in [0.5, 0.6) is 0 Å². The second-order valence-electron chi connectivity index (χ2n) is 6.84. The number of aryl methyl sites for hydroxylation is 1. The van der Waals surface area contributed by atoms with E-state index in [2.05, 4.69) is 72.6 Å². The maximum absolute atomic E-state index is 3.73. The van der Waals surface area contributed by atoms with Gasteiger partial charge in [0.25, 0.3) is 0 Å². The topological polar surface area (TPSA) is 15.3 Å². The summed E-state index contributed by atoms with van der Waals surface area (Å²) in [4.78, 5) is 2.54. The van der Waals surface area contributed by atoms with Crippen molar-refractivity contribution in [2.75, 3.05) is 19.6 Å². The zero-order valence-corrected chi connectivity index (χ0v) is 15.1. The fraction of sp³-hybridized carbons (Fsp3) is 0.455. The zero-order chi connectivity index (χ0) is 16.8. The fourth-order valence-electron chi connectivity index (χ4n) is 3.46. The summed E-state index contributed by atoms with van der Waals surface area (Å²) in [6, 6.07) is 18.6. The zero-order valence-electron chi connectivity index (χ0n) is 15.1. The molecule has 0 radical (unpaired) electrons. The van der Waals surface area contributed by atoms with Crippen LogP contribution in [0.3, 0.4) is 0 Å². The number of rotatable bonds is 6. The Morgan fingerprint density at radius 3 is 1.88 bits per heavy atom. The standard InChI is InChI=1S/C22H30N2/c1-3-18-5-9-20(10-6-18)21-11-7-19(8-12-21)17-23-22-13-15-24(4-2)16-14-22/h5-12,22-23H,3-4,13-17H2,1-2H3. The molecule has 0 bridgehead atoms. The van der Waals surface area contributed by atoms with E-state index in [1.54, 1.807) is 0 Å². The van der Waals surface area contributed by atoms with Crippen LogP contribution in [0.2, 0.25) is 0 Å². The summed E-state index contributed by atoms with van der Waals surface area (Å²) < 4.78 is 0. The average molecular weight is 322 g/mol. The Bertz CT molecular complexity index is 607. The van der Waals surface area contributed by atoms with E-state index >= 15 is 0 Å². The molecule has 2 heteroatoms. The number of nitrogens with zero attached hydrogens (tertiary/aromatic N) is 1. The fourth-order valence-corrected chi connectivity index (χ4v) is 3.46. The smallest absolute Gasteiger partial charge is 0.0208 e. The van der Waals surface area contributed by atoms with Gasteiger partial charge in [-0.15, -0.1) is 0 Å². The lowest BCUT2D eigenvalue weighted by Crippen LogP contribution is -2.42. The van der Waals surface area contributed by atoms with E-state index in [1.165, 1.54) is 54.7 Å². The third-order valence-corrected chi connectivity index (χ3v) is 5.28. The van der Waals surface area contributed by atoms with Crippen LogP contribution < -0.4 is 5.32 Å². The van der Waals surface area contributed by atoms with Crippen molar-refractivity contribution in [2.45, 2.75) is 45.7 Å². The first kappa shape index (κ1) is 17.2. The van der Waals surface area contributed by atoms with Gasteiger partial charge in [-0.1, -0.05) is 62.4 Å². The van der Waals surface area contributed by atoms with Gasteiger partial charge in [0.1, 0.15) is 0 Å². The molecule has 3 rings (SSSR count). The Kier molecular flexibility index (Phi) is 6.06. The molecule has 2 aromatic rings. The Balaban J connectivity index is 1.53. The molecule has 128 valence electrons. The third kappa shape index (κ3) is 4.46. The average Bonchev–Trinajstić information content (AvgIpc) is 2.67. The van der Waals surface area contributed by atoms with E-state index in [-0.39, 0.29) is 0 Å². The molecule has 1 N–H and O–H groups in total. The number of nitrogens with one attached hydrogen (secondary N) is 1. The molecule has 2 aromatic carbocycles. The van der Waals surface area contributed by atoms with Gasteiger partial charge in [-0.2, -0.15) is 0 Å². The lowest BCUT2D eigenvalue weighted by Gasteiger charge is -2.31. The van der Waals surface area contributed by atoms with E-state index in [1.807, 2.05) is 0 Å². The predicted octanol–water partition coefficient (Wildman–Crippen LogP) is 4.49. The molecule has 0 spiro atoms. The quantitative estimate of drug-likeness (QED) is 0.843. The molecule has 1 aliphatic heterocycles. The molecule has 0 aromatic heterocycles. The van der Waals surface area contributed by atoms with Gasteiger partial charge in [0.05, 0.1) is 0 Å². The second-order valence-corrected chi connectivity index (χ2v) is 6.84. The maximum Gasteiger partial charge on any atom is 0.0208 e. The Hall–Kier alpha value is -1.64. The molecule has 24 heavy (non-hydrogen) atoms. The first-order chi connectivity index (χ1) is 11.8. The lowest BCUT2D eigenvalue weighted by molar-refractivity contribution is 0.206. The first-order valence-electron chi connectivity index (χ1n) is 9.42. The van der Waals surface area contributed by atoms with Crippen molar-refractivity contribution in [3.8, 4) is 11.1 Å². The summed E-state index contributed by atoms with van der Waals surface area (Å²) in [5, 5.41) is 3.73. The van der Waals surface area contributed by atoms with Gasteiger partial charge >= 0.3 is 0 Å². The van der Waals surface area contributed by atoms with Gasteiger partial charge < -0.3 is 10.2 Å². The second kappa shape index (κ2) is 8.46. The lowest BCUT2D eigenvalue weighted by atomic mass is 10.0. The number of hydrogen-bond donors (Lipinski definition) is 1. The highest BCUT2D eigenvalue weighted by atomic mass is 15.1. The van der Waals surface area contributed by atoms with E-state index in [0.717, 1.165) is 13.0 Å². The summed E-state index contributed by atoms with van der Waals surface area (Å²) >= 11 is 0. The molecular weight excluding hydrogens is 292 g/mol. The summed E-state index contributed by atoms with van der Waals surface area (Å²) in [5.41, 5.74) is 5.38. The Labute approximate surface area is 146 Å². The summed E-state index contributed by atoms with van der Waals surface area (Å²) in [6.45, 7) is 9.09. The molecule has 2 nitrogen and oxygen atoms in total. The highest BCUT2D eigenvalue weighted by molar-refractivity contribution is 5.63. The van der Waals surface area contributed by atoms with Crippen molar-refractivity contribution in [1.82, 2.24) is 10.2 Å². The number of likely N-dealkylation sites (tertiary alicyclic amines) is 1. The highest BCUT2D eigenvalue weighted by Gasteiger charge is 2.17. The molecule has 0 unspecified atom stereocenters. The van der Waals surface area contributed by atoms with Crippen LogP contribution in [-0.4, -0.2) is 30.6 Å². The van der Waals surface area contributed by atoms with Gasteiger partial charge in [0.15, 0.2) is 0 Å². The molecule has 1 heterocycles. The van der Waals surface area contributed by atoms with Crippen LogP contribution in [0.4, 0.5) is 0 Å². The van der Waals surface area contributed by atoms with Crippen LogP contribution >= 0.6 is 0 Å². The minimum absolute atomic E-state index is 0.675. The van der Waals surface area contributed by atoms with Gasteiger partial charge in [-0.05, 0) is 61.2 Å². The normalized spacial score (nSPS) is 16.4. The van der Waals surface area contributed by atoms with Crippen LogP contribution in [0, 0.1) is 0 Å². The number of piperidine rings is 1. The predicted molar refractivity (Wildman–Crippen MR) is 103 cm³/mol. The molecule has 0 amide bonds.